The third-order valence-electron chi connectivity index (χ3n) is 4.71. The first-order chi connectivity index (χ1) is 12.5. The minimum absolute atomic E-state index is 0.0459. The number of fused-ring (bicyclic) bond motifs is 1. The molecule has 0 saturated carbocycles. The van der Waals surface area contributed by atoms with Crippen LogP contribution >= 0.6 is 0 Å². The first-order valence-corrected chi connectivity index (χ1v) is 8.62. The summed E-state index contributed by atoms with van der Waals surface area (Å²) < 4.78 is 5.24. The van der Waals surface area contributed by atoms with E-state index in [1.54, 1.807) is 18.2 Å². The fourth-order valence-corrected chi connectivity index (χ4v) is 3.35. The maximum absolute atomic E-state index is 12.3. The maximum atomic E-state index is 12.3. The number of aldehydes is 1. The Hall–Kier alpha value is -2.80. The Morgan fingerprint density at radius 2 is 1.77 bits per heavy atom. The molecule has 26 heavy (non-hydrogen) atoms. The maximum Gasteiger partial charge on any atom is 0.346 e. The van der Waals surface area contributed by atoms with Gasteiger partial charge in [-0.2, -0.15) is 0 Å². The number of amides is 2. The first kappa shape index (κ1) is 18.0. The van der Waals surface area contributed by atoms with E-state index in [1.165, 1.54) is 11.0 Å². The molecule has 1 atom stereocenters. The average Bonchev–Trinajstić information content (AvgIpc) is 2.97. The van der Waals surface area contributed by atoms with Crippen LogP contribution in [-0.2, 0) is 9.59 Å². The van der Waals surface area contributed by atoms with Gasteiger partial charge in [-0.3, -0.25) is 24.2 Å². The van der Waals surface area contributed by atoms with E-state index in [1.807, 2.05) is 18.7 Å². The van der Waals surface area contributed by atoms with Gasteiger partial charge >= 0.3 is 5.63 Å². The van der Waals surface area contributed by atoms with Crippen LogP contribution in [0.2, 0.25) is 0 Å². The highest BCUT2D eigenvalue weighted by Crippen LogP contribution is 2.31. The monoisotopic (exact) mass is 356 g/mol. The van der Waals surface area contributed by atoms with Crippen molar-refractivity contribution in [2.24, 2.45) is 0 Å². The number of carbonyl (C=O) groups excluding carboxylic acids is 3. The van der Waals surface area contributed by atoms with Crippen LogP contribution in [0, 0.1) is 0 Å². The Morgan fingerprint density at radius 3 is 2.35 bits per heavy atom. The van der Waals surface area contributed by atoms with Crippen LogP contribution in [0.25, 0.3) is 11.0 Å². The molecule has 0 N–H and O–H groups in total. The number of hydrogen-bond acceptors (Lipinski definition) is 6. The van der Waals surface area contributed by atoms with Crippen LogP contribution in [0.3, 0.4) is 0 Å². The van der Waals surface area contributed by atoms with Crippen LogP contribution < -0.4 is 5.63 Å². The SMILES string of the molecule is CCN(CC)C(c1ccc2cc(C=O)c(=O)oc2c1)N1C(=O)CCC1=O. The van der Waals surface area contributed by atoms with Crippen LogP contribution in [-0.4, -0.2) is 41.0 Å². The Bertz CT molecular complexity index is 913. The van der Waals surface area contributed by atoms with E-state index >= 15 is 0 Å². The molecule has 7 nitrogen and oxygen atoms in total. The minimum atomic E-state index is -0.711. The highest BCUT2D eigenvalue weighted by molar-refractivity contribution is 6.02. The van der Waals surface area contributed by atoms with E-state index < -0.39 is 11.8 Å². The summed E-state index contributed by atoms with van der Waals surface area (Å²) in [5.41, 5.74) is 0.244. The highest BCUT2D eigenvalue weighted by atomic mass is 16.4. The second kappa shape index (κ2) is 7.21. The Balaban J connectivity index is 2.14. The molecule has 1 aromatic carbocycles. The van der Waals surface area contributed by atoms with Crippen molar-refractivity contribution >= 4 is 29.1 Å². The molecule has 2 amide bonds. The van der Waals surface area contributed by atoms with Crippen LogP contribution in [0.4, 0.5) is 0 Å². The molecular weight excluding hydrogens is 336 g/mol. The molecule has 1 saturated heterocycles. The summed E-state index contributed by atoms with van der Waals surface area (Å²) in [7, 11) is 0. The van der Waals surface area contributed by atoms with Crippen molar-refractivity contribution < 1.29 is 18.8 Å². The summed E-state index contributed by atoms with van der Waals surface area (Å²) in [6.07, 6.45) is 0.330. The molecule has 7 heteroatoms. The van der Waals surface area contributed by atoms with E-state index in [4.69, 9.17) is 4.42 Å². The molecule has 136 valence electrons. The standard InChI is InChI=1S/C19H20N2O5/c1-3-20(4-2)18(21-16(23)7-8-17(21)24)13-6-5-12-9-14(11-22)19(25)26-15(12)10-13/h5-6,9-11,18H,3-4,7-8H2,1-2H3. The lowest BCUT2D eigenvalue weighted by Crippen LogP contribution is -2.44. The molecule has 1 aliphatic rings. The van der Waals surface area contributed by atoms with E-state index in [0.717, 1.165) is 0 Å². The zero-order valence-electron chi connectivity index (χ0n) is 14.7. The van der Waals surface area contributed by atoms with Crippen LogP contribution in [0.5, 0.6) is 0 Å². The molecule has 2 aromatic rings. The fraction of sp³-hybridized carbons (Fsp3) is 0.368. The third-order valence-corrected chi connectivity index (χ3v) is 4.71. The van der Waals surface area contributed by atoms with E-state index in [9.17, 15) is 19.2 Å². The molecule has 0 spiro atoms. The van der Waals surface area contributed by atoms with Gasteiger partial charge < -0.3 is 4.42 Å². The van der Waals surface area contributed by atoms with Gasteiger partial charge in [0, 0.05) is 18.2 Å². The lowest BCUT2D eigenvalue weighted by atomic mass is 10.1. The molecule has 0 bridgehead atoms. The van der Waals surface area contributed by atoms with Crippen molar-refractivity contribution in [3.8, 4) is 0 Å². The Morgan fingerprint density at radius 1 is 1.12 bits per heavy atom. The smallest absolute Gasteiger partial charge is 0.346 e. The first-order valence-electron chi connectivity index (χ1n) is 8.62. The highest BCUT2D eigenvalue weighted by Gasteiger charge is 2.38. The summed E-state index contributed by atoms with van der Waals surface area (Å²) in [6, 6.07) is 6.64. The quantitative estimate of drug-likeness (QED) is 0.447. The number of carbonyl (C=O) groups is 3. The van der Waals surface area contributed by atoms with Gasteiger partial charge in [0.1, 0.15) is 17.3 Å². The van der Waals surface area contributed by atoms with Crippen LogP contribution in [0.1, 0.15) is 48.8 Å². The van der Waals surface area contributed by atoms with Gasteiger partial charge in [-0.1, -0.05) is 26.0 Å². The number of hydrogen-bond donors (Lipinski definition) is 0. The van der Waals surface area contributed by atoms with Crippen molar-refractivity contribution in [1.82, 2.24) is 9.80 Å². The second-order valence-electron chi connectivity index (χ2n) is 6.16. The molecule has 0 radical (unpaired) electrons. The number of rotatable bonds is 6. The molecule has 2 heterocycles. The van der Waals surface area contributed by atoms with E-state index in [0.29, 0.717) is 35.9 Å². The predicted molar refractivity (Wildman–Crippen MR) is 94.6 cm³/mol. The molecule has 1 unspecified atom stereocenters. The summed E-state index contributed by atoms with van der Waals surface area (Å²) >= 11 is 0. The zero-order chi connectivity index (χ0) is 18.8. The van der Waals surface area contributed by atoms with Crippen molar-refractivity contribution in [2.45, 2.75) is 32.9 Å². The fourth-order valence-electron chi connectivity index (χ4n) is 3.35. The van der Waals surface area contributed by atoms with Gasteiger partial charge in [0.25, 0.3) is 0 Å². The number of benzene rings is 1. The van der Waals surface area contributed by atoms with Gasteiger partial charge in [0.15, 0.2) is 6.29 Å². The third kappa shape index (κ3) is 3.06. The lowest BCUT2D eigenvalue weighted by molar-refractivity contribution is -0.146. The number of likely N-dealkylation sites (tertiary alicyclic amines) is 1. The average molecular weight is 356 g/mol. The van der Waals surface area contributed by atoms with Gasteiger partial charge in [-0.15, -0.1) is 0 Å². The van der Waals surface area contributed by atoms with E-state index in [2.05, 4.69) is 0 Å². The topological polar surface area (TPSA) is 87.9 Å². The van der Waals surface area contributed by atoms with Crippen LogP contribution in [0.15, 0.2) is 33.5 Å². The zero-order valence-corrected chi connectivity index (χ0v) is 14.7. The molecule has 1 fully saturated rings. The van der Waals surface area contributed by atoms with Crippen molar-refractivity contribution in [2.75, 3.05) is 13.1 Å². The van der Waals surface area contributed by atoms with Gasteiger partial charge in [0.2, 0.25) is 11.8 Å². The number of nitrogens with zero attached hydrogens (tertiary/aromatic N) is 2. The second-order valence-corrected chi connectivity index (χ2v) is 6.16. The molecule has 1 aromatic heterocycles. The summed E-state index contributed by atoms with van der Waals surface area (Å²) in [5.74, 6) is -0.408. The summed E-state index contributed by atoms with van der Waals surface area (Å²) in [6.45, 7) is 5.20. The molecule has 3 rings (SSSR count). The molecule has 0 aliphatic carbocycles. The minimum Gasteiger partial charge on any atom is -0.422 e. The van der Waals surface area contributed by atoms with Gasteiger partial charge in [-0.25, -0.2) is 4.79 Å². The Kier molecular flexibility index (Phi) is 4.99. The van der Waals surface area contributed by atoms with Crippen molar-refractivity contribution in [3.05, 3.63) is 45.8 Å². The molecular formula is C19H20N2O5. The van der Waals surface area contributed by atoms with Crippen molar-refractivity contribution in [3.63, 3.8) is 0 Å². The lowest BCUT2D eigenvalue weighted by Gasteiger charge is -2.35. The van der Waals surface area contributed by atoms with Gasteiger partial charge in [-0.05, 0) is 30.8 Å². The Labute approximate surface area is 150 Å². The number of imide groups is 1. The summed E-state index contributed by atoms with van der Waals surface area (Å²) in [5, 5.41) is 0.604. The largest absolute Gasteiger partial charge is 0.422 e. The normalized spacial score (nSPS) is 15.9. The van der Waals surface area contributed by atoms with Crippen molar-refractivity contribution in [1.29, 1.82) is 0 Å². The van der Waals surface area contributed by atoms with E-state index in [-0.39, 0.29) is 30.2 Å². The summed E-state index contributed by atoms with van der Waals surface area (Å²) in [4.78, 5) is 50.6. The van der Waals surface area contributed by atoms with Gasteiger partial charge in [0.05, 0.1) is 0 Å². The predicted octanol–water partition coefficient (Wildman–Crippen LogP) is 2.09. The molecule has 1 aliphatic heterocycles.